The van der Waals surface area contributed by atoms with E-state index < -0.39 is 5.92 Å². The summed E-state index contributed by atoms with van der Waals surface area (Å²) < 4.78 is 5.58. The Morgan fingerprint density at radius 3 is 2.07 bits per heavy atom. The second-order valence-electron chi connectivity index (χ2n) is 5.96. The predicted octanol–water partition coefficient (Wildman–Crippen LogP) is 4.37. The highest BCUT2D eigenvalue weighted by Gasteiger charge is 2.22. The average molecular weight is 358 g/mol. The lowest BCUT2D eigenvalue weighted by molar-refractivity contribution is -0.121. The highest BCUT2D eigenvalue weighted by molar-refractivity contribution is 5.89. The van der Waals surface area contributed by atoms with Crippen molar-refractivity contribution in [3.63, 3.8) is 0 Å². The van der Waals surface area contributed by atoms with Crippen molar-refractivity contribution in [2.75, 3.05) is 6.61 Å². The number of nitrogens with one attached hydrogen (secondary N) is 1. The third kappa shape index (κ3) is 4.82. The fourth-order valence-electron chi connectivity index (χ4n) is 2.89. The minimum absolute atomic E-state index is 0.183. The van der Waals surface area contributed by atoms with E-state index in [4.69, 9.17) is 4.74 Å². The van der Waals surface area contributed by atoms with E-state index in [1.165, 1.54) is 0 Å². The number of hydrogen-bond acceptors (Lipinski definition) is 3. The number of hydrazone groups is 1. The Hall–Kier alpha value is -3.40. The molecule has 0 fully saturated rings. The number of carbonyl (C=O) groups excluding carboxylic acids is 1. The summed E-state index contributed by atoms with van der Waals surface area (Å²) in [5.74, 6) is 0.130. The van der Waals surface area contributed by atoms with E-state index in [0.29, 0.717) is 6.61 Å². The van der Waals surface area contributed by atoms with Crippen molar-refractivity contribution < 1.29 is 9.53 Å². The molecule has 4 heteroatoms. The third-order valence-corrected chi connectivity index (χ3v) is 4.13. The van der Waals surface area contributed by atoms with E-state index in [1.54, 1.807) is 6.21 Å². The first-order valence-electron chi connectivity index (χ1n) is 8.94. The molecule has 3 aromatic rings. The molecule has 0 saturated carbocycles. The Labute approximate surface area is 159 Å². The van der Waals surface area contributed by atoms with E-state index in [9.17, 15) is 4.79 Å². The Morgan fingerprint density at radius 2 is 1.48 bits per heavy atom. The largest absolute Gasteiger partial charge is 0.493 e. The monoisotopic (exact) mass is 358 g/mol. The standard InChI is InChI=1S/C23H22N2O2/c1-2-27-21-16-10-9-15-20(21)17-24-25-23(26)22(18-11-5-3-6-12-18)19-13-7-4-8-14-19/h3-17,22H,2H2,1H3,(H,25,26). The Kier molecular flexibility index (Phi) is 6.36. The Bertz CT molecular complexity index is 853. The average Bonchev–Trinajstić information content (AvgIpc) is 2.71. The molecule has 0 radical (unpaired) electrons. The second-order valence-corrected chi connectivity index (χ2v) is 5.96. The first-order valence-corrected chi connectivity index (χ1v) is 8.94. The molecule has 0 heterocycles. The third-order valence-electron chi connectivity index (χ3n) is 4.13. The van der Waals surface area contributed by atoms with E-state index in [-0.39, 0.29) is 5.91 Å². The normalized spacial score (nSPS) is 10.9. The maximum atomic E-state index is 12.9. The first kappa shape index (κ1) is 18.4. The topological polar surface area (TPSA) is 50.7 Å². The summed E-state index contributed by atoms with van der Waals surface area (Å²) >= 11 is 0. The van der Waals surface area contributed by atoms with Crippen LogP contribution in [0.4, 0.5) is 0 Å². The van der Waals surface area contributed by atoms with Gasteiger partial charge in [0.15, 0.2) is 0 Å². The van der Waals surface area contributed by atoms with E-state index in [0.717, 1.165) is 22.4 Å². The van der Waals surface area contributed by atoms with Crippen molar-refractivity contribution in [1.82, 2.24) is 5.43 Å². The van der Waals surface area contributed by atoms with Crippen molar-refractivity contribution in [2.24, 2.45) is 5.10 Å². The van der Waals surface area contributed by atoms with Crippen LogP contribution >= 0.6 is 0 Å². The molecule has 136 valence electrons. The van der Waals surface area contributed by atoms with Gasteiger partial charge < -0.3 is 4.74 Å². The van der Waals surface area contributed by atoms with Gasteiger partial charge in [-0.15, -0.1) is 0 Å². The van der Waals surface area contributed by atoms with Gasteiger partial charge in [0.25, 0.3) is 5.91 Å². The highest BCUT2D eigenvalue weighted by atomic mass is 16.5. The van der Waals surface area contributed by atoms with Crippen LogP contribution in [-0.2, 0) is 4.79 Å². The summed E-state index contributed by atoms with van der Waals surface area (Å²) in [5, 5.41) is 4.15. The number of ether oxygens (including phenoxy) is 1. The van der Waals surface area contributed by atoms with Gasteiger partial charge in [-0.25, -0.2) is 5.43 Å². The summed E-state index contributed by atoms with van der Waals surface area (Å²) in [4.78, 5) is 12.9. The Morgan fingerprint density at radius 1 is 0.926 bits per heavy atom. The van der Waals surface area contributed by atoms with Crippen LogP contribution in [0.15, 0.2) is 90.0 Å². The van der Waals surface area contributed by atoms with Gasteiger partial charge in [-0.1, -0.05) is 72.8 Å². The molecule has 0 spiro atoms. The van der Waals surface area contributed by atoms with Crippen LogP contribution in [0.3, 0.4) is 0 Å². The van der Waals surface area contributed by atoms with E-state index in [2.05, 4.69) is 10.5 Å². The molecule has 0 unspecified atom stereocenters. The molecular weight excluding hydrogens is 336 g/mol. The molecule has 4 nitrogen and oxygen atoms in total. The van der Waals surface area contributed by atoms with Crippen molar-refractivity contribution in [2.45, 2.75) is 12.8 Å². The zero-order chi connectivity index (χ0) is 18.9. The molecule has 3 rings (SSSR count). The van der Waals surface area contributed by atoms with Crippen molar-refractivity contribution >= 4 is 12.1 Å². The molecule has 0 aliphatic heterocycles. The number of para-hydroxylation sites is 1. The van der Waals surface area contributed by atoms with Crippen LogP contribution in [0.25, 0.3) is 0 Å². The zero-order valence-corrected chi connectivity index (χ0v) is 15.2. The van der Waals surface area contributed by atoms with Crippen LogP contribution in [0.1, 0.15) is 29.5 Å². The van der Waals surface area contributed by atoms with E-state index >= 15 is 0 Å². The van der Waals surface area contributed by atoms with Crippen LogP contribution < -0.4 is 10.2 Å². The molecule has 0 saturated heterocycles. The number of hydrogen-bond donors (Lipinski definition) is 1. The number of rotatable bonds is 7. The summed E-state index contributed by atoms with van der Waals surface area (Å²) in [6.07, 6.45) is 1.61. The molecule has 27 heavy (non-hydrogen) atoms. The van der Waals surface area contributed by atoms with Crippen LogP contribution in [-0.4, -0.2) is 18.7 Å². The van der Waals surface area contributed by atoms with Crippen LogP contribution in [0.5, 0.6) is 5.75 Å². The predicted molar refractivity (Wildman–Crippen MR) is 108 cm³/mol. The SMILES string of the molecule is CCOc1ccccc1C=NNC(=O)C(c1ccccc1)c1ccccc1. The maximum Gasteiger partial charge on any atom is 0.252 e. The number of benzene rings is 3. The molecule has 0 aliphatic rings. The Balaban J connectivity index is 1.80. The molecule has 3 aromatic carbocycles. The van der Waals surface area contributed by atoms with Gasteiger partial charge in [0.05, 0.1) is 18.7 Å². The first-order chi connectivity index (χ1) is 13.3. The summed E-state index contributed by atoms with van der Waals surface area (Å²) in [6, 6.07) is 27.0. The molecular formula is C23H22N2O2. The molecule has 0 aliphatic carbocycles. The maximum absolute atomic E-state index is 12.9. The van der Waals surface area contributed by atoms with Crippen molar-refractivity contribution in [3.05, 3.63) is 102 Å². The van der Waals surface area contributed by atoms with Gasteiger partial charge in [-0.2, -0.15) is 5.10 Å². The number of amides is 1. The summed E-state index contributed by atoms with van der Waals surface area (Å²) in [5.41, 5.74) is 5.33. The van der Waals surface area contributed by atoms with Gasteiger partial charge in [-0.3, -0.25) is 4.79 Å². The lowest BCUT2D eigenvalue weighted by Gasteiger charge is -2.16. The fraction of sp³-hybridized carbons (Fsp3) is 0.130. The highest BCUT2D eigenvalue weighted by Crippen LogP contribution is 2.24. The molecule has 1 N–H and O–H groups in total. The number of nitrogens with zero attached hydrogens (tertiary/aromatic N) is 1. The van der Waals surface area contributed by atoms with E-state index in [1.807, 2.05) is 91.9 Å². The smallest absolute Gasteiger partial charge is 0.252 e. The van der Waals surface area contributed by atoms with Crippen molar-refractivity contribution in [1.29, 1.82) is 0 Å². The second kappa shape index (κ2) is 9.34. The lowest BCUT2D eigenvalue weighted by atomic mass is 9.91. The minimum atomic E-state index is -0.424. The van der Waals surface area contributed by atoms with Gasteiger partial charge in [-0.05, 0) is 30.2 Å². The van der Waals surface area contributed by atoms with Crippen molar-refractivity contribution in [3.8, 4) is 5.75 Å². The fourth-order valence-corrected chi connectivity index (χ4v) is 2.89. The zero-order valence-electron chi connectivity index (χ0n) is 15.2. The van der Waals surface area contributed by atoms with Gasteiger partial charge in [0.2, 0.25) is 0 Å². The quantitative estimate of drug-likeness (QED) is 0.504. The van der Waals surface area contributed by atoms with Crippen LogP contribution in [0.2, 0.25) is 0 Å². The van der Waals surface area contributed by atoms with Gasteiger partial charge in [0.1, 0.15) is 5.75 Å². The summed E-state index contributed by atoms with van der Waals surface area (Å²) in [6.45, 7) is 2.50. The molecule has 0 aromatic heterocycles. The van der Waals surface area contributed by atoms with Gasteiger partial charge in [0, 0.05) is 5.56 Å². The van der Waals surface area contributed by atoms with Crippen LogP contribution in [0, 0.1) is 0 Å². The minimum Gasteiger partial charge on any atom is -0.493 e. The lowest BCUT2D eigenvalue weighted by Crippen LogP contribution is -2.26. The molecule has 1 amide bonds. The molecule has 0 atom stereocenters. The number of carbonyl (C=O) groups is 1. The molecule has 0 bridgehead atoms. The summed E-state index contributed by atoms with van der Waals surface area (Å²) in [7, 11) is 0. The van der Waals surface area contributed by atoms with Gasteiger partial charge >= 0.3 is 0 Å².